The first-order valence-corrected chi connectivity index (χ1v) is 5.43. The van der Waals surface area contributed by atoms with E-state index in [2.05, 4.69) is 46.3 Å². The lowest BCUT2D eigenvalue weighted by molar-refractivity contribution is 0.760. The number of fused-ring (bicyclic) bond motifs is 1. The Morgan fingerprint density at radius 3 is 2.94 bits per heavy atom. The summed E-state index contributed by atoms with van der Waals surface area (Å²) in [6.07, 6.45) is 2.84. The maximum Gasteiger partial charge on any atom is 0.143 e. The topological polar surface area (TPSA) is 57.9 Å². The number of para-hydroxylation sites is 1. The zero-order chi connectivity index (χ0) is 11.1. The summed E-state index contributed by atoms with van der Waals surface area (Å²) in [6.45, 7) is 2.20. The Labute approximate surface area is 94.1 Å². The van der Waals surface area contributed by atoms with Crippen LogP contribution in [0.25, 0.3) is 0 Å². The van der Waals surface area contributed by atoms with Crippen molar-refractivity contribution >= 4 is 17.2 Å². The van der Waals surface area contributed by atoms with Crippen LogP contribution in [0.4, 0.5) is 17.2 Å². The lowest BCUT2D eigenvalue weighted by Crippen LogP contribution is -2.24. The molecule has 3 N–H and O–H groups in total. The van der Waals surface area contributed by atoms with Gasteiger partial charge in [-0.3, -0.25) is 5.10 Å². The van der Waals surface area contributed by atoms with E-state index in [1.54, 1.807) is 6.20 Å². The molecular weight excluding hydrogens is 200 g/mol. The molecule has 1 aromatic heterocycles. The molecule has 0 radical (unpaired) electrons. The van der Waals surface area contributed by atoms with Gasteiger partial charge < -0.3 is 10.6 Å². The van der Waals surface area contributed by atoms with E-state index >= 15 is 0 Å². The van der Waals surface area contributed by atoms with Gasteiger partial charge in [0.05, 0.1) is 6.20 Å². The molecule has 0 saturated carbocycles. The van der Waals surface area contributed by atoms with Crippen molar-refractivity contribution in [3.8, 4) is 0 Å². The van der Waals surface area contributed by atoms with Crippen LogP contribution in [-0.4, -0.2) is 16.2 Å². The minimum Gasteiger partial charge on any atom is -0.382 e. The summed E-state index contributed by atoms with van der Waals surface area (Å²) >= 11 is 0. The van der Waals surface area contributed by atoms with E-state index in [0.717, 1.165) is 12.1 Å². The zero-order valence-corrected chi connectivity index (χ0v) is 9.14. The number of nitrogens with zero attached hydrogens (tertiary/aromatic N) is 2. The van der Waals surface area contributed by atoms with Crippen molar-refractivity contribution in [3.05, 3.63) is 36.0 Å². The van der Waals surface area contributed by atoms with E-state index in [9.17, 15) is 0 Å². The molecule has 0 amide bonds. The van der Waals surface area contributed by atoms with Gasteiger partial charge in [0, 0.05) is 11.7 Å². The van der Waals surface area contributed by atoms with E-state index < -0.39 is 0 Å². The fourth-order valence-electron chi connectivity index (χ4n) is 2.41. The van der Waals surface area contributed by atoms with Crippen molar-refractivity contribution in [2.45, 2.75) is 19.4 Å². The molecule has 0 bridgehead atoms. The molecule has 82 valence electrons. The van der Waals surface area contributed by atoms with Crippen molar-refractivity contribution < 1.29 is 0 Å². The number of aromatic amines is 1. The van der Waals surface area contributed by atoms with E-state index in [1.165, 1.54) is 11.3 Å². The zero-order valence-electron chi connectivity index (χ0n) is 9.14. The third-order valence-electron chi connectivity index (χ3n) is 3.11. The van der Waals surface area contributed by atoms with Gasteiger partial charge in [-0.2, -0.15) is 5.10 Å². The summed E-state index contributed by atoms with van der Waals surface area (Å²) in [4.78, 5) is 2.24. The highest BCUT2D eigenvalue weighted by molar-refractivity contribution is 5.76. The lowest BCUT2D eigenvalue weighted by atomic mass is 10.1. The second-order valence-corrected chi connectivity index (χ2v) is 4.22. The number of nitrogens with two attached hydrogens (primary N) is 1. The van der Waals surface area contributed by atoms with Crippen LogP contribution in [0.5, 0.6) is 0 Å². The Balaban J connectivity index is 2.12. The van der Waals surface area contributed by atoms with Gasteiger partial charge in [0.15, 0.2) is 0 Å². The quantitative estimate of drug-likeness (QED) is 0.764. The highest BCUT2D eigenvalue weighted by Gasteiger charge is 2.28. The number of nitrogen functional groups attached to an aromatic ring is 1. The maximum atomic E-state index is 5.88. The molecule has 0 saturated heterocycles. The minimum atomic E-state index is 0.428. The lowest BCUT2D eigenvalue weighted by Gasteiger charge is -2.23. The molecule has 1 unspecified atom stereocenters. The monoisotopic (exact) mass is 214 g/mol. The molecule has 0 aliphatic carbocycles. The molecule has 4 heteroatoms. The number of benzene rings is 1. The fraction of sp³-hybridized carbons (Fsp3) is 0.250. The van der Waals surface area contributed by atoms with Crippen LogP contribution < -0.4 is 10.6 Å². The summed E-state index contributed by atoms with van der Waals surface area (Å²) in [5, 5.41) is 6.76. The van der Waals surface area contributed by atoms with Crippen molar-refractivity contribution in [3.63, 3.8) is 0 Å². The molecule has 1 aliphatic heterocycles. The van der Waals surface area contributed by atoms with Gasteiger partial charge in [-0.15, -0.1) is 0 Å². The second kappa shape index (κ2) is 3.27. The van der Waals surface area contributed by atoms with Crippen molar-refractivity contribution in [1.29, 1.82) is 0 Å². The molecule has 3 rings (SSSR count). The number of hydrogen-bond acceptors (Lipinski definition) is 3. The molecule has 1 aliphatic rings. The molecule has 4 nitrogen and oxygen atoms in total. The average Bonchev–Trinajstić information content (AvgIpc) is 2.81. The van der Waals surface area contributed by atoms with Gasteiger partial charge in [-0.1, -0.05) is 18.2 Å². The Kier molecular flexibility index (Phi) is 1.89. The standard InChI is InChI=1S/C12H14N4/c1-8-6-9-4-2-3-5-10(9)16(8)11-7-14-15-12(11)13/h2-5,7-8H,6H2,1H3,(H3,13,14,15). The molecule has 0 spiro atoms. The van der Waals surface area contributed by atoms with E-state index in [4.69, 9.17) is 5.73 Å². The number of rotatable bonds is 1. The third kappa shape index (κ3) is 1.19. The molecule has 16 heavy (non-hydrogen) atoms. The minimum absolute atomic E-state index is 0.428. The van der Waals surface area contributed by atoms with Crippen LogP contribution in [0.1, 0.15) is 12.5 Å². The van der Waals surface area contributed by atoms with E-state index in [-0.39, 0.29) is 0 Å². The van der Waals surface area contributed by atoms with Gasteiger partial charge >= 0.3 is 0 Å². The van der Waals surface area contributed by atoms with Crippen LogP contribution in [0, 0.1) is 0 Å². The Hall–Kier alpha value is -1.97. The van der Waals surface area contributed by atoms with Crippen LogP contribution in [0.2, 0.25) is 0 Å². The predicted molar refractivity (Wildman–Crippen MR) is 64.7 cm³/mol. The molecule has 1 aromatic carbocycles. The highest BCUT2D eigenvalue weighted by Crippen LogP contribution is 2.39. The van der Waals surface area contributed by atoms with Crippen molar-refractivity contribution in [2.24, 2.45) is 0 Å². The number of nitrogens with one attached hydrogen (secondary N) is 1. The molecule has 2 aromatic rings. The van der Waals surface area contributed by atoms with Crippen LogP contribution >= 0.6 is 0 Å². The largest absolute Gasteiger partial charge is 0.382 e. The van der Waals surface area contributed by atoms with Crippen molar-refractivity contribution in [1.82, 2.24) is 10.2 Å². The van der Waals surface area contributed by atoms with Gasteiger partial charge in [0.2, 0.25) is 0 Å². The molecule has 2 heterocycles. The fourth-order valence-corrected chi connectivity index (χ4v) is 2.41. The molecule has 1 atom stereocenters. The Bertz CT molecular complexity index is 517. The van der Waals surface area contributed by atoms with Gasteiger partial charge in [-0.25, -0.2) is 0 Å². The highest BCUT2D eigenvalue weighted by atomic mass is 15.3. The smallest absolute Gasteiger partial charge is 0.143 e. The van der Waals surface area contributed by atoms with Crippen LogP contribution in [0.3, 0.4) is 0 Å². The molecular formula is C12H14N4. The Morgan fingerprint density at radius 1 is 1.38 bits per heavy atom. The Morgan fingerprint density at radius 2 is 2.19 bits per heavy atom. The number of H-pyrrole nitrogens is 1. The van der Waals surface area contributed by atoms with Gasteiger partial charge in [0.25, 0.3) is 0 Å². The first-order chi connectivity index (χ1) is 7.77. The maximum absolute atomic E-state index is 5.88. The normalized spacial score (nSPS) is 18.8. The van der Waals surface area contributed by atoms with Crippen LogP contribution in [-0.2, 0) is 6.42 Å². The summed E-state index contributed by atoms with van der Waals surface area (Å²) in [7, 11) is 0. The molecule has 0 fully saturated rings. The van der Waals surface area contributed by atoms with Crippen molar-refractivity contribution in [2.75, 3.05) is 10.6 Å². The number of aromatic nitrogens is 2. The summed E-state index contributed by atoms with van der Waals surface area (Å²) in [5.41, 5.74) is 9.46. The van der Waals surface area contributed by atoms with Crippen LogP contribution in [0.15, 0.2) is 30.5 Å². The SMILES string of the molecule is CC1Cc2ccccc2N1c1cn[nH]c1N. The first-order valence-electron chi connectivity index (χ1n) is 5.43. The number of hydrogen-bond donors (Lipinski definition) is 2. The summed E-state index contributed by atoms with van der Waals surface area (Å²) in [5.74, 6) is 0.628. The number of anilines is 3. The van der Waals surface area contributed by atoms with Gasteiger partial charge in [-0.05, 0) is 25.0 Å². The van der Waals surface area contributed by atoms with E-state index in [1.807, 2.05) is 0 Å². The second-order valence-electron chi connectivity index (χ2n) is 4.22. The predicted octanol–water partition coefficient (Wildman–Crippen LogP) is 2.07. The van der Waals surface area contributed by atoms with Gasteiger partial charge in [0.1, 0.15) is 11.5 Å². The van der Waals surface area contributed by atoms with E-state index in [0.29, 0.717) is 11.9 Å². The summed E-state index contributed by atoms with van der Waals surface area (Å²) < 4.78 is 0. The third-order valence-corrected chi connectivity index (χ3v) is 3.11. The first kappa shape index (κ1) is 9.27. The average molecular weight is 214 g/mol. The summed E-state index contributed by atoms with van der Waals surface area (Å²) in [6, 6.07) is 8.86.